The fourth-order valence-corrected chi connectivity index (χ4v) is 3.25. The van der Waals surface area contributed by atoms with Gasteiger partial charge < -0.3 is 4.74 Å². The van der Waals surface area contributed by atoms with Crippen LogP contribution in [0.3, 0.4) is 0 Å². The maximum atomic E-state index is 13.8. The van der Waals surface area contributed by atoms with E-state index in [9.17, 15) is 9.18 Å². The molecule has 0 spiro atoms. The summed E-state index contributed by atoms with van der Waals surface area (Å²) in [6.07, 6.45) is 3.53. The van der Waals surface area contributed by atoms with E-state index >= 15 is 0 Å². The second-order valence-electron chi connectivity index (χ2n) is 5.72. The Morgan fingerprint density at radius 3 is 2.70 bits per heavy atom. The van der Waals surface area contributed by atoms with E-state index < -0.39 is 5.60 Å². The first-order valence-electron chi connectivity index (χ1n) is 6.99. The Morgan fingerprint density at radius 1 is 1.45 bits per heavy atom. The second kappa shape index (κ2) is 6.35. The van der Waals surface area contributed by atoms with Crippen LogP contribution in [0, 0.1) is 11.7 Å². The molecule has 110 valence electrons. The number of hydrogen-bond acceptors (Lipinski definition) is 2. The molecular weight excluding hydrogens is 323 g/mol. The minimum atomic E-state index is -0.721. The van der Waals surface area contributed by atoms with Gasteiger partial charge in [0.2, 0.25) is 0 Å². The van der Waals surface area contributed by atoms with Gasteiger partial charge in [0.15, 0.2) is 5.78 Å². The number of Topliss-reactive ketones (excluding diaryl/α,β-unsaturated/α-hetero) is 1. The number of ether oxygens (including phenoxy) is 1. The van der Waals surface area contributed by atoms with Gasteiger partial charge in [0, 0.05) is 18.0 Å². The van der Waals surface area contributed by atoms with E-state index in [1.54, 1.807) is 19.2 Å². The molecule has 4 heteroatoms. The van der Waals surface area contributed by atoms with Gasteiger partial charge in [0.1, 0.15) is 11.4 Å². The fourth-order valence-electron chi connectivity index (χ4n) is 2.84. The van der Waals surface area contributed by atoms with Crippen molar-refractivity contribution in [1.29, 1.82) is 0 Å². The highest BCUT2D eigenvalue weighted by atomic mass is 79.9. The highest BCUT2D eigenvalue weighted by molar-refractivity contribution is 9.10. The molecule has 0 aromatic heterocycles. The van der Waals surface area contributed by atoms with Crippen molar-refractivity contribution in [1.82, 2.24) is 0 Å². The fraction of sp³-hybridized carbons (Fsp3) is 0.562. The average molecular weight is 343 g/mol. The Labute approximate surface area is 127 Å². The van der Waals surface area contributed by atoms with E-state index in [0.29, 0.717) is 11.5 Å². The summed E-state index contributed by atoms with van der Waals surface area (Å²) < 4.78 is 20.1. The molecule has 0 heterocycles. The number of methoxy groups -OCH3 is 1. The average Bonchev–Trinajstić information content (AvgIpc) is 2.44. The molecule has 0 N–H and O–H groups in total. The van der Waals surface area contributed by atoms with Crippen molar-refractivity contribution >= 4 is 21.7 Å². The Bertz CT molecular complexity index is 493. The largest absolute Gasteiger partial charge is 0.370 e. The van der Waals surface area contributed by atoms with Crippen LogP contribution in [-0.2, 0) is 16.0 Å². The third kappa shape index (κ3) is 3.29. The molecule has 0 aliphatic heterocycles. The van der Waals surface area contributed by atoms with Crippen LogP contribution in [-0.4, -0.2) is 18.5 Å². The quantitative estimate of drug-likeness (QED) is 0.815. The second-order valence-corrected chi connectivity index (χ2v) is 6.63. The van der Waals surface area contributed by atoms with Gasteiger partial charge in [0.05, 0.1) is 0 Å². The number of rotatable bonds is 4. The van der Waals surface area contributed by atoms with Crippen LogP contribution in [0.25, 0.3) is 0 Å². The summed E-state index contributed by atoms with van der Waals surface area (Å²) >= 11 is 3.31. The number of hydrogen-bond donors (Lipinski definition) is 0. The maximum absolute atomic E-state index is 13.8. The lowest BCUT2D eigenvalue weighted by Gasteiger charge is -2.37. The minimum absolute atomic E-state index is 0.0103. The van der Waals surface area contributed by atoms with Gasteiger partial charge in [0.25, 0.3) is 0 Å². The third-order valence-corrected chi connectivity index (χ3v) is 4.83. The number of ketones is 1. The van der Waals surface area contributed by atoms with Crippen LogP contribution in [0.5, 0.6) is 0 Å². The van der Waals surface area contributed by atoms with Gasteiger partial charge in [-0.15, -0.1) is 0 Å². The standard InChI is InChI=1S/C16H20BrFO2/c1-11-5-7-16(20-2,8-6-11)15(19)10-12-9-13(17)3-4-14(12)18/h3-4,9,11H,5-8,10H2,1-2H3. The number of carbonyl (C=O) groups is 1. The maximum Gasteiger partial charge on any atom is 0.169 e. The van der Waals surface area contributed by atoms with Crippen LogP contribution >= 0.6 is 15.9 Å². The highest BCUT2D eigenvalue weighted by Crippen LogP contribution is 2.36. The Balaban J connectivity index is 2.15. The molecular formula is C16H20BrFO2. The monoisotopic (exact) mass is 342 g/mol. The summed E-state index contributed by atoms with van der Waals surface area (Å²) in [5.74, 6) is 0.287. The molecule has 1 fully saturated rings. The van der Waals surface area contributed by atoms with Crippen LogP contribution < -0.4 is 0 Å². The minimum Gasteiger partial charge on any atom is -0.370 e. The van der Waals surface area contributed by atoms with Gasteiger partial charge in [-0.1, -0.05) is 22.9 Å². The molecule has 1 aromatic carbocycles. The van der Waals surface area contributed by atoms with Crippen LogP contribution in [0.15, 0.2) is 22.7 Å². The number of halogens is 2. The predicted octanol–water partition coefficient (Wildman–Crippen LogP) is 4.30. The van der Waals surface area contributed by atoms with Crippen molar-refractivity contribution in [3.05, 3.63) is 34.1 Å². The molecule has 2 rings (SSSR count). The highest BCUT2D eigenvalue weighted by Gasteiger charge is 2.40. The van der Waals surface area contributed by atoms with E-state index in [-0.39, 0.29) is 18.0 Å². The van der Waals surface area contributed by atoms with E-state index in [0.717, 1.165) is 30.2 Å². The summed E-state index contributed by atoms with van der Waals surface area (Å²) in [5.41, 5.74) is -0.291. The Kier molecular flexibility index (Phi) is 4.97. The smallest absolute Gasteiger partial charge is 0.169 e. The first-order valence-corrected chi connectivity index (χ1v) is 7.78. The molecule has 1 saturated carbocycles. The van der Waals surface area contributed by atoms with Gasteiger partial charge in [-0.05, 0) is 55.4 Å². The van der Waals surface area contributed by atoms with Crippen LogP contribution in [0.1, 0.15) is 38.2 Å². The molecule has 0 saturated heterocycles. The zero-order valence-electron chi connectivity index (χ0n) is 11.9. The molecule has 1 aromatic rings. The number of carbonyl (C=O) groups excluding carboxylic acids is 1. The first kappa shape index (κ1) is 15.6. The lowest BCUT2D eigenvalue weighted by atomic mass is 9.76. The van der Waals surface area contributed by atoms with Crippen molar-refractivity contribution < 1.29 is 13.9 Å². The zero-order chi connectivity index (χ0) is 14.8. The SMILES string of the molecule is COC1(C(=O)Cc2cc(Br)ccc2F)CCC(C)CC1. The Hall–Kier alpha value is -0.740. The normalized spacial score (nSPS) is 26.5. The van der Waals surface area contributed by atoms with Gasteiger partial charge in [-0.3, -0.25) is 4.79 Å². The molecule has 2 nitrogen and oxygen atoms in total. The van der Waals surface area contributed by atoms with Crippen molar-refractivity contribution in [2.45, 2.75) is 44.6 Å². The molecule has 0 radical (unpaired) electrons. The molecule has 0 unspecified atom stereocenters. The van der Waals surface area contributed by atoms with E-state index in [4.69, 9.17) is 4.74 Å². The molecule has 1 aliphatic rings. The topological polar surface area (TPSA) is 26.3 Å². The predicted molar refractivity (Wildman–Crippen MR) is 80.2 cm³/mol. The van der Waals surface area contributed by atoms with Crippen LogP contribution in [0.4, 0.5) is 4.39 Å². The Morgan fingerprint density at radius 2 is 2.10 bits per heavy atom. The molecule has 0 bridgehead atoms. The van der Waals surface area contributed by atoms with E-state index in [2.05, 4.69) is 22.9 Å². The summed E-state index contributed by atoms with van der Waals surface area (Å²) in [7, 11) is 1.59. The number of benzene rings is 1. The summed E-state index contributed by atoms with van der Waals surface area (Å²) in [5, 5.41) is 0. The van der Waals surface area contributed by atoms with E-state index in [1.165, 1.54) is 6.07 Å². The van der Waals surface area contributed by atoms with Gasteiger partial charge in [-0.2, -0.15) is 0 Å². The van der Waals surface area contributed by atoms with Crippen molar-refractivity contribution in [3.63, 3.8) is 0 Å². The summed E-state index contributed by atoms with van der Waals surface area (Å²) in [6.45, 7) is 2.19. The van der Waals surface area contributed by atoms with Gasteiger partial charge >= 0.3 is 0 Å². The molecule has 0 atom stereocenters. The molecule has 0 amide bonds. The third-order valence-electron chi connectivity index (χ3n) is 4.34. The van der Waals surface area contributed by atoms with Crippen LogP contribution in [0.2, 0.25) is 0 Å². The molecule has 20 heavy (non-hydrogen) atoms. The van der Waals surface area contributed by atoms with Crippen molar-refractivity contribution in [3.8, 4) is 0 Å². The summed E-state index contributed by atoms with van der Waals surface area (Å²) in [4.78, 5) is 12.6. The lowest BCUT2D eigenvalue weighted by Crippen LogP contribution is -2.44. The molecule has 1 aliphatic carbocycles. The van der Waals surface area contributed by atoms with Crippen molar-refractivity contribution in [2.24, 2.45) is 5.92 Å². The summed E-state index contributed by atoms with van der Waals surface area (Å²) in [6, 6.07) is 4.69. The lowest BCUT2D eigenvalue weighted by molar-refractivity contribution is -0.145. The first-order chi connectivity index (χ1) is 9.47. The zero-order valence-corrected chi connectivity index (χ0v) is 13.5. The van der Waals surface area contributed by atoms with Crippen molar-refractivity contribution in [2.75, 3.05) is 7.11 Å². The van der Waals surface area contributed by atoms with Gasteiger partial charge in [-0.25, -0.2) is 4.39 Å². The van der Waals surface area contributed by atoms with E-state index in [1.807, 2.05) is 0 Å².